The largest absolute Gasteiger partial charge is 0.387 e. The maximum Gasteiger partial charge on any atom is 0.279 e. The van der Waals surface area contributed by atoms with Crippen LogP contribution in [0.2, 0.25) is 0 Å². The van der Waals surface area contributed by atoms with Crippen LogP contribution in [0.4, 0.5) is 0 Å². The lowest BCUT2D eigenvalue weighted by Crippen LogP contribution is -2.45. The molecular weight excluding hydrogens is 376 g/mol. The van der Waals surface area contributed by atoms with Gasteiger partial charge >= 0.3 is 0 Å². The fourth-order valence-corrected chi connectivity index (χ4v) is 3.55. The molecule has 0 radical (unpaired) electrons. The van der Waals surface area contributed by atoms with Gasteiger partial charge in [0.1, 0.15) is 11.9 Å². The summed E-state index contributed by atoms with van der Waals surface area (Å²) in [6, 6.07) is 9.24. The summed E-state index contributed by atoms with van der Waals surface area (Å²) in [5, 5.41) is 17.9. The first-order chi connectivity index (χ1) is 14.1. The molecular formula is C18H20N8O3. The van der Waals surface area contributed by atoms with Gasteiger partial charge in [0.15, 0.2) is 17.4 Å². The van der Waals surface area contributed by atoms with E-state index in [0.29, 0.717) is 18.0 Å². The number of aliphatic hydroxyl groups excluding tert-OH is 1. The Balaban J connectivity index is 1.63. The van der Waals surface area contributed by atoms with Crippen LogP contribution in [0, 0.1) is 6.92 Å². The molecule has 1 saturated heterocycles. The molecule has 2 aromatic heterocycles. The predicted molar refractivity (Wildman–Crippen MR) is 104 cm³/mol. The Morgan fingerprint density at radius 1 is 1.41 bits per heavy atom. The number of azide groups is 1. The third kappa shape index (κ3) is 3.71. The zero-order chi connectivity index (χ0) is 20.4. The molecule has 1 aliphatic heterocycles. The van der Waals surface area contributed by atoms with E-state index in [-0.39, 0.29) is 17.6 Å². The first-order valence-electron chi connectivity index (χ1n) is 9.13. The van der Waals surface area contributed by atoms with Crippen LogP contribution in [0.15, 0.2) is 46.6 Å². The number of H-pyrrole nitrogens is 1. The molecule has 4 atom stereocenters. The number of ether oxygens (including phenoxy) is 1. The van der Waals surface area contributed by atoms with E-state index in [1.54, 1.807) is 6.92 Å². The standard InChI is InChI=1S/C18H20N8O3/c1-10-23-16-14(17(28)24-10)21-9-26(16)18-15(27)13(12(29-18)8-22-25-19)20-7-11-5-3-2-4-6-11/h2-6,9,12-13,15,18,20,27H,7-8H2,1H3,(H,23,24,28)/t12-,13?,15+,18-/m1/s1. The van der Waals surface area contributed by atoms with E-state index in [0.717, 1.165) is 5.56 Å². The number of imidazole rings is 1. The van der Waals surface area contributed by atoms with Crippen LogP contribution < -0.4 is 10.9 Å². The molecule has 150 valence electrons. The normalized spacial score (nSPS) is 23.9. The molecule has 0 spiro atoms. The summed E-state index contributed by atoms with van der Waals surface area (Å²) in [5.74, 6) is 0.432. The van der Waals surface area contributed by atoms with Crippen LogP contribution in [0.1, 0.15) is 17.6 Å². The smallest absolute Gasteiger partial charge is 0.279 e. The molecule has 29 heavy (non-hydrogen) atoms. The number of hydrogen-bond donors (Lipinski definition) is 3. The lowest BCUT2D eigenvalue weighted by Gasteiger charge is -2.21. The molecule has 0 bridgehead atoms. The maximum atomic E-state index is 12.1. The molecule has 0 saturated carbocycles. The minimum absolute atomic E-state index is 0.0518. The van der Waals surface area contributed by atoms with E-state index < -0.39 is 24.5 Å². The van der Waals surface area contributed by atoms with Crippen molar-refractivity contribution in [3.05, 3.63) is 68.8 Å². The van der Waals surface area contributed by atoms with Gasteiger partial charge in [0.25, 0.3) is 5.56 Å². The van der Waals surface area contributed by atoms with Crippen molar-refractivity contribution in [1.29, 1.82) is 0 Å². The minimum atomic E-state index is -0.976. The summed E-state index contributed by atoms with van der Waals surface area (Å²) in [7, 11) is 0. The summed E-state index contributed by atoms with van der Waals surface area (Å²) in [6.07, 6.45) is -0.947. The lowest BCUT2D eigenvalue weighted by atomic mass is 10.1. The lowest BCUT2D eigenvalue weighted by molar-refractivity contribution is -0.0321. The van der Waals surface area contributed by atoms with E-state index in [1.165, 1.54) is 10.9 Å². The molecule has 4 rings (SSSR count). The highest BCUT2D eigenvalue weighted by Crippen LogP contribution is 2.31. The Morgan fingerprint density at radius 3 is 2.97 bits per heavy atom. The molecule has 0 amide bonds. The van der Waals surface area contributed by atoms with Gasteiger partial charge in [-0.2, -0.15) is 0 Å². The van der Waals surface area contributed by atoms with Gasteiger partial charge < -0.3 is 20.1 Å². The molecule has 0 aliphatic carbocycles. The van der Waals surface area contributed by atoms with Crippen LogP contribution in [0.3, 0.4) is 0 Å². The second-order valence-electron chi connectivity index (χ2n) is 6.84. The van der Waals surface area contributed by atoms with Crippen LogP contribution >= 0.6 is 0 Å². The van der Waals surface area contributed by atoms with Gasteiger partial charge in [-0.25, -0.2) is 9.97 Å². The van der Waals surface area contributed by atoms with Gasteiger partial charge in [0.05, 0.1) is 25.0 Å². The number of rotatable bonds is 6. The first-order valence-corrected chi connectivity index (χ1v) is 9.13. The fraction of sp³-hybridized carbons (Fsp3) is 0.389. The van der Waals surface area contributed by atoms with Crippen molar-refractivity contribution in [3.63, 3.8) is 0 Å². The molecule has 1 unspecified atom stereocenters. The number of aryl methyl sites for hydroxylation is 1. The van der Waals surface area contributed by atoms with Gasteiger partial charge in [0, 0.05) is 11.5 Å². The quantitative estimate of drug-likeness (QED) is 0.323. The Bertz CT molecular complexity index is 1110. The number of aliphatic hydroxyl groups is 1. The molecule has 1 aromatic carbocycles. The second kappa shape index (κ2) is 8.02. The number of hydrogen-bond acceptors (Lipinski definition) is 7. The van der Waals surface area contributed by atoms with E-state index >= 15 is 0 Å². The molecule has 11 nitrogen and oxygen atoms in total. The van der Waals surface area contributed by atoms with Crippen LogP contribution in [0.5, 0.6) is 0 Å². The van der Waals surface area contributed by atoms with Crippen molar-refractivity contribution in [1.82, 2.24) is 24.8 Å². The van der Waals surface area contributed by atoms with E-state index in [4.69, 9.17) is 10.3 Å². The zero-order valence-electron chi connectivity index (χ0n) is 15.6. The number of nitrogens with one attached hydrogen (secondary N) is 2. The van der Waals surface area contributed by atoms with E-state index in [1.807, 2.05) is 30.3 Å². The average Bonchev–Trinajstić information content (AvgIpc) is 3.26. The monoisotopic (exact) mass is 396 g/mol. The van der Waals surface area contributed by atoms with Gasteiger partial charge in [0.2, 0.25) is 0 Å². The van der Waals surface area contributed by atoms with Crippen molar-refractivity contribution in [2.24, 2.45) is 5.11 Å². The van der Waals surface area contributed by atoms with Crippen LogP contribution in [0.25, 0.3) is 21.6 Å². The summed E-state index contributed by atoms with van der Waals surface area (Å²) in [4.78, 5) is 25.9. The maximum absolute atomic E-state index is 12.1. The van der Waals surface area contributed by atoms with E-state index in [2.05, 4.69) is 30.3 Å². The van der Waals surface area contributed by atoms with Gasteiger partial charge in [-0.15, -0.1) is 0 Å². The topological polar surface area (TPSA) is 154 Å². The first kappa shape index (κ1) is 19.1. The predicted octanol–water partition coefficient (Wildman–Crippen LogP) is 1.16. The molecule has 1 aliphatic rings. The highest BCUT2D eigenvalue weighted by molar-refractivity contribution is 5.69. The second-order valence-corrected chi connectivity index (χ2v) is 6.84. The van der Waals surface area contributed by atoms with Crippen molar-refractivity contribution in [3.8, 4) is 0 Å². The van der Waals surface area contributed by atoms with Crippen molar-refractivity contribution in [2.75, 3.05) is 6.54 Å². The SMILES string of the molecule is Cc1nc2c(ncn2[C@@H]2O[C@H](CN=[N+]=[N-])C(NCc3ccccc3)[C@@H]2O)c(=O)[nH]1. The number of aromatic nitrogens is 4. The fourth-order valence-electron chi connectivity index (χ4n) is 3.55. The number of fused-ring (bicyclic) bond motifs is 1. The molecule has 3 heterocycles. The summed E-state index contributed by atoms with van der Waals surface area (Å²) < 4.78 is 7.54. The summed E-state index contributed by atoms with van der Waals surface area (Å²) >= 11 is 0. The molecule has 3 N–H and O–H groups in total. The third-order valence-electron chi connectivity index (χ3n) is 4.91. The number of benzene rings is 1. The van der Waals surface area contributed by atoms with Crippen molar-refractivity contribution < 1.29 is 9.84 Å². The number of nitrogens with zero attached hydrogens (tertiary/aromatic N) is 6. The highest BCUT2D eigenvalue weighted by Gasteiger charge is 2.44. The molecule has 3 aromatic rings. The van der Waals surface area contributed by atoms with Gasteiger partial charge in [-0.1, -0.05) is 35.4 Å². The van der Waals surface area contributed by atoms with Gasteiger partial charge in [-0.3, -0.25) is 9.36 Å². The zero-order valence-corrected chi connectivity index (χ0v) is 15.6. The summed E-state index contributed by atoms with van der Waals surface area (Å²) in [6.45, 7) is 2.22. The Kier molecular flexibility index (Phi) is 5.28. The Morgan fingerprint density at radius 2 is 2.21 bits per heavy atom. The third-order valence-corrected chi connectivity index (χ3v) is 4.91. The van der Waals surface area contributed by atoms with Crippen molar-refractivity contribution >= 4 is 11.2 Å². The number of aromatic amines is 1. The molecule has 11 heteroatoms. The highest BCUT2D eigenvalue weighted by atomic mass is 16.5. The van der Waals surface area contributed by atoms with Gasteiger partial charge in [-0.05, 0) is 18.0 Å². The van der Waals surface area contributed by atoms with Crippen LogP contribution in [-0.4, -0.2) is 49.4 Å². The van der Waals surface area contributed by atoms with Crippen molar-refractivity contribution in [2.45, 2.75) is 37.9 Å². The van der Waals surface area contributed by atoms with Crippen LogP contribution in [-0.2, 0) is 11.3 Å². The Labute approximate surface area is 165 Å². The average molecular weight is 396 g/mol. The Hall–Kier alpha value is -3.24. The molecule has 1 fully saturated rings. The minimum Gasteiger partial charge on any atom is -0.387 e. The summed E-state index contributed by atoms with van der Waals surface area (Å²) in [5.41, 5.74) is 9.87. The van der Waals surface area contributed by atoms with E-state index in [9.17, 15) is 9.90 Å².